The minimum atomic E-state index is -0.0181. The van der Waals surface area contributed by atoms with Gasteiger partial charge >= 0.3 is 0 Å². The third kappa shape index (κ3) is 4.31. The zero-order chi connectivity index (χ0) is 11.8. The number of amides is 1. The van der Waals surface area contributed by atoms with E-state index in [9.17, 15) is 4.79 Å². The summed E-state index contributed by atoms with van der Waals surface area (Å²) in [6, 6.07) is 3.45. The van der Waals surface area contributed by atoms with Gasteiger partial charge in [-0.25, -0.2) is 0 Å². The van der Waals surface area contributed by atoms with Crippen LogP contribution in [0, 0.1) is 5.92 Å². The normalized spacial score (nSPS) is 12.1. The summed E-state index contributed by atoms with van der Waals surface area (Å²) >= 11 is 3.42. The Bertz CT molecular complexity index is 316. The molecule has 0 aromatic carbocycles. The second-order valence-electron chi connectivity index (χ2n) is 3.70. The van der Waals surface area contributed by atoms with Gasteiger partial charge in [0, 0.05) is 29.8 Å². The molecule has 0 fully saturated rings. The van der Waals surface area contributed by atoms with E-state index in [1.165, 1.54) is 0 Å². The van der Waals surface area contributed by atoms with Crippen molar-refractivity contribution in [2.24, 2.45) is 5.92 Å². The lowest BCUT2D eigenvalue weighted by atomic mass is 10.0. The number of carbonyl (C=O) groups is 1. The van der Waals surface area contributed by atoms with E-state index < -0.39 is 0 Å². The van der Waals surface area contributed by atoms with E-state index in [1.807, 2.05) is 0 Å². The molecule has 16 heavy (non-hydrogen) atoms. The Labute approximate surface area is 105 Å². The van der Waals surface area contributed by atoms with Gasteiger partial charge in [-0.2, -0.15) is 0 Å². The predicted molar refractivity (Wildman–Crippen MR) is 68.8 cm³/mol. The van der Waals surface area contributed by atoms with Crippen LogP contribution in [0.3, 0.4) is 0 Å². The summed E-state index contributed by atoms with van der Waals surface area (Å²) in [6.45, 7) is 2.88. The molecule has 1 heterocycles. The Morgan fingerprint density at radius 3 is 2.75 bits per heavy atom. The van der Waals surface area contributed by atoms with Crippen LogP contribution in [0.1, 0.15) is 30.1 Å². The molecule has 1 amide bonds. The van der Waals surface area contributed by atoms with Gasteiger partial charge in [0.1, 0.15) is 0 Å². The van der Waals surface area contributed by atoms with Crippen LogP contribution in [0.15, 0.2) is 24.5 Å². The van der Waals surface area contributed by atoms with Crippen LogP contribution in [-0.2, 0) is 0 Å². The van der Waals surface area contributed by atoms with E-state index in [0.717, 1.165) is 24.7 Å². The fourth-order valence-corrected chi connectivity index (χ4v) is 2.09. The highest BCUT2D eigenvalue weighted by Crippen LogP contribution is 2.08. The van der Waals surface area contributed by atoms with Gasteiger partial charge in [-0.1, -0.05) is 29.3 Å². The molecule has 1 atom stereocenters. The van der Waals surface area contributed by atoms with Crippen LogP contribution in [-0.4, -0.2) is 22.8 Å². The van der Waals surface area contributed by atoms with Gasteiger partial charge in [-0.05, 0) is 24.5 Å². The Kier molecular flexibility index (Phi) is 6.08. The highest BCUT2D eigenvalue weighted by Gasteiger charge is 2.09. The molecule has 1 unspecified atom stereocenters. The highest BCUT2D eigenvalue weighted by molar-refractivity contribution is 9.09. The zero-order valence-electron chi connectivity index (χ0n) is 9.45. The topological polar surface area (TPSA) is 42.0 Å². The van der Waals surface area contributed by atoms with E-state index in [-0.39, 0.29) is 5.91 Å². The van der Waals surface area contributed by atoms with Crippen molar-refractivity contribution in [1.29, 1.82) is 0 Å². The molecular weight excluding hydrogens is 268 g/mol. The summed E-state index contributed by atoms with van der Waals surface area (Å²) in [4.78, 5) is 15.6. The lowest BCUT2D eigenvalue weighted by Gasteiger charge is -2.14. The third-order valence-corrected chi connectivity index (χ3v) is 3.05. The monoisotopic (exact) mass is 284 g/mol. The van der Waals surface area contributed by atoms with Gasteiger partial charge in [-0.15, -0.1) is 0 Å². The lowest BCUT2D eigenvalue weighted by molar-refractivity contribution is 0.0946. The van der Waals surface area contributed by atoms with Crippen molar-refractivity contribution in [3.8, 4) is 0 Å². The van der Waals surface area contributed by atoms with Crippen molar-refractivity contribution in [3.63, 3.8) is 0 Å². The molecule has 0 saturated heterocycles. The number of rotatable bonds is 6. The molecule has 88 valence electrons. The van der Waals surface area contributed by atoms with Crippen LogP contribution in [0.25, 0.3) is 0 Å². The van der Waals surface area contributed by atoms with Crippen molar-refractivity contribution in [2.75, 3.05) is 11.9 Å². The Balaban J connectivity index is 2.40. The van der Waals surface area contributed by atoms with E-state index >= 15 is 0 Å². The number of carbonyl (C=O) groups excluding carboxylic acids is 1. The maximum absolute atomic E-state index is 11.7. The Morgan fingerprint density at radius 2 is 2.19 bits per heavy atom. The van der Waals surface area contributed by atoms with Gasteiger partial charge < -0.3 is 5.32 Å². The van der Waals surface area contributed by atoms with Crippen molar-refractivity contribution < 1.29 is 4.79 Å². The van der Waals surface area contributed by atoms with Crippen LogP contribution in [0.2, 0.25) is 0 Å². The van der Waals surface area contributed by atoms with E-state index in [1.54, 1.807) is 24.5 Å². The first-order chi connectivity index (χ1) is 7.77. The maximum atomic E-state index is 11.7. The van der Waals surface area contributed by atoms with Crippen molar-refractivity contribution in [1.82, 2.24) is 10.3 Å². The molecule has 0 aliphatic carbocycles. The largest absolute Gasteiger partial charge is 0.352 e. The molecule has 0 spiro atoms. The minimum absolute atomic E-state index is 0.0181. The lowest BCUT2D eigenvalue weighted by Crippen LogP contribution is -2.29. The van der Waals surface area contributed by atoms with Crippen LogP contribution in [0.4, 0.5) is 0 Å². The van der Waals surface area contributed by atoms with E-state index in [2.05, 4.69) is 33.2 Å². The molecule has 3 nitrogen and oxygen atoms in total. The molecular formula is C12H17BrN2O. The van der Waals surface area contributed by atoms with E-state index in [0.29, 0.717) is 11.5 Å². The van der Waals surface area contributed by atoms with Gasteiger partial charge in [-0.3, -0.25) is 9.78 Å². The Hall–Kier alpha value is -0.900. The number of nitrogens with zero attached hydrogens (tertiary/aromatic N) is 1. The smallest absolute Gasteiger partial charge is 0.251 e. The van der Waals surface area contributed by atoms with Crippen LogP contribution < -0.4 is 5.32 Å². The molecule has 1 aromatic rings. The van der Waals surface area contributed by atoms with Gasteiger partial charge in [0.15, 0.2) is 0 Å². The number of nitrogens with one attached hydrogen (secondary N) is 1. The number of aromatic nitrogens is 1. The second kappa shape index (κ2) is 7.39. The molecule has 4 heteroatoms. The number of alkyl halides is 1. The Morgan fingerprint density at radius 1 is 1.50 bits per heavy atom. The summed E-state index contributed by atoms with van der Waals surface area (Å²) in [6.07, 6.45) is 5.44. The minimum Gasteiger partial charge on any atom is -0.352 e. The SMILES string of the molecule is CCC(CCBr)CNC(=O)c1ccncc1. The highest BCUT2D eigenvalue weighted by atomic mass is 79.9. The molecule has 1 aromatic heterocycles. The second-order valence-corrected chi connectivity index (χ2v) is 4.49. The average molecular weight is 285 g/mol. The van der Waals surface area contributed by atoms with E-state index in [4.69, 9.17) is 0 Å². The molecule has 0 aliphatic rings. The number of halogens is 1. The molecule has 0 radical (unpaired) electrons. The van der Waals surface area contributed by atoms with Gasteiger partial charge in [0.05, 0.1) is 0 Å². The first-order valence-electron chi connectivity index (χ1n) is 5.52. The molecule has 1 rings (SSSR count). The molecule has 0 aliphatic heterocycles. The quantitative estimate of drug-likeness (QED) is 0.816. The van der Waals surface area contributed by atoms with Crippen molar-refractivity contribution in [2.45, 2.75) is 19.8 Å². The number of pyridine rings is 1. The summed E-state index contributed by atoms with van der Waals surface area (Å²) < 4.78 is 0. The maximum Gasteiger partial charge on any atom is 0.251 e. The zero-order valence-corrected chi connectivity index (χ0v) is 11.0. The fraction of sp³-hybridized carbons (Fsp3) is 0.500. The third-order valence-electron chi connectivity index (χ3n) is 2.59. The number of hydrogen-bond acceptors (Lipinski definition) is 2. The van der Waals surface area contributed by atoms with Crippen molar-refractivity contribution in [3.05, 3.63) is 30.1 Å². The average Bonchev–Trinajstić information content (AvgIpc) is 2.35. The summed E-state index contributed by atoms with van der Waals surface area (Å²) in [7, 11) is 0. The van der Waals surface area contributed by atoms with Crippen LogP contribution in [0.5, 0.6) is 0 Å². The van der Waals surface area contributed by atoms with Gasteiger partial charge in [0.25, 0.3) is 5.91 Å². The predicted octanol–water partition coefficient (Wildman–Crippen LogP) is 2.62. The summed E-state index contributed by atoms with van der Waals surface area (Å²) in [5, 5.41) is 3.93. The fourth-order valence-electron chi connectivity index (χ4n) is 1.45. The summed E-state index contributed by atoms with van der Waals surface area (Å²) in [5.41, 5.74) is 0.670. The van der Waals surface area contributed by atoms with Crippen molar-refractivity contribution >= 4 is 21.8 Å². The van der Waals surface area contributed by atoms with Crippen LogP contribution >= 0.6 is 15.9 Å². The number of hydrogen-bond donors (Lipinski definition) is 1. The molecule has 0 saturated carbocycles. The first-order valence-corrected chi connectivity index (χ1v) is 6.64. The standard InChI is InChI=1S/C12H17BrN2O/c1-2-10(3-6-13)9-15-12(16)11-4-7-14-8-5-11/h4-5,7-8,10H,2-3,6,9H2,1H3,(H,15,16). The molecule has 0 bridgehead atoms. The molecule has 1 N–H and O–H groups in total. The summed E-state index contributed by atoms with van der Waals surface area (Å²) in [5.74, 6) is 0.528. The van der Waals surface area contributed by atoms with Gasteiger partial charge in [0.2, 0.25) is 0 Å². The first kappa shape index (κ1) is 13.2.